The second-order valence-corrected chi connectivity index (χ2v) is 5.58. The highest BCUT2D eigenvalue weighted by atomic mass is 35.5. The second kappa shape index (κ2) is 8.05. The Morgan fingerprint density at radius 2 is 2.07 bits per heavy atom. The van der Waals surface area contributed by atoms with E-state index >= 15 is 0 Å². The number of nitrogens with one attached hydrogen (secondary N) is 2. The quantitative estimate of drug-likeness (QED) is 0.522. The molecule has 0 bridgehead atoms. The molecule has 2 N–H and O–H groups in total. The van der Waals surface area contributed by atoms with Crippen LogP contribution in [0.1, 0.15) is 5.56 Å². The number of alkyl halides is 1. The van der Waals surface area contributed by atoms with Gasteiger partial charge in [0.05, 0.1) is 23.1 Å². The summed E-state index contributed by atoms with van der Waals surface area (Å²) in [5.74, 6) is -0.0647. The number of pyridine rings is 2. The van der Waals surface area contributed by atoms with Gasteiger partial charge in [-0.2, -0.15) is 5.26 Å². The van der Waals surface area contributed by atoms with Gasteiger partial charge in [0.1, 0.15) is 23.8 Å². The first-order valence-corrected chi connectivity index (χ1v) is 8.22. The molecule has 0 aliphatic heterocycles. The number of aromatic nitrogens is 2. The van der Waals surface area contributed by atoms with Crippen molar-refractivity contribution >= 4 is 45.6 Å². The van der Waals surface area contributed by atoms with Crippen LogP contribution in [0.15, 0.2) is 42.7 Å². The fourth-order valence-corrected chi connectivity index (χ4v) is 2.48. The summed E-state index contributed by atoms with van der Waals surface area (Å²) in [6, 6.07) is 10.7. The number of carbonyl (C=O) groups is 1. The maximum Gasteiger partial charge on any atom is 0.239 e. The van der Waals surface area contributed by atoms with Crippen molar-refractivity contribution in [3.8, 4) is 24.3 Å². The predicted octanol–water partition coefficient (Wildman–Crippen LogP) is 3.39. The summed E-state index contributed by atoms with van der Waals surface area (Å²) in [6.07, 6.45) is 10.2. The zero-order chi connectivity index (χ0) is 19.2. The van der Waals surface area contributed by atoms with E-state index in [-0.39, 0.29) is 11.8 Å². The number of anilines is 3. The van der Waals surface area contributed by atoms with E-state index in [2.05, 4.69) is 32.8 Å². The molecular weight excluding hydrogens is 366 g/mol. The molecule has 27 heavy (non-hydrogen) atoms. The number of benzene rings is 1. The van der Waals surface area contributed by atoms with Gasteiger partial charge in [0.15, 0.2) is 5.65 Å². The Balaban J connectivity index is 2.08. The molecule has 0 radical (unpaired) electrons. The van der Waals surface area contributed by atoms with Crippen molar-refractivity contribution in [3.63, 3.8) is 0 Å². The molecule has 0 fully saturated rings. The predicted molar refractivity (Wildman–Crippen MR) is 103 cm³/mol. The van der Waals surface area contributed by atoms with E-state index in [0.717, 1.165) is 0 Å². The van der Waals surface area contributed by atoms with Gasteiger partial charge in [0.2, 0.25) is 5.91 Å². The molecule has 0 saturated heterocycles. The lowest BCUT2D eigenvalue weighted by Gasteiger charge is -2.12. The van der Waals surface area contributed by atoms with Gasteiger partial charge in [-0.1, -0.05) is 12.5 Å². The van der Waals surface area contributed by atoms with Crippen molar-refractivity contribution < 1.29 is 9.53 Å². The Kier molecular flexibility index (Phi) is 5.36. The highest BCUT2D eigenvalue weighted by molar-refractivity contribution is 6.29. The summed E-state index contributed by atoms with van der Waals surface area (Å²) in [7, 11) is 0. The van der Waals surface area contributed by atoms with Gasteiger partial charge in [-0.05, 0) is 18.2 Å². The SMILES string of the molecule is C#COc1cccc(Nc2c(C#N)cnc3ncc(NC(=O)CCl)cc23)c1. The summed E-state index contributed by atoms with van der Waals surface area (Å²) < 4.78 is 5.04. The summed E-state index contributed by atoms with van der Waals surface area (Å²) in [5, 5.41) is 15.8. The van der Waals surface area contributed by atoms with Crippen LogP contribution in [-0.4, -0.2) is 21.8 Å². The van der Waals surface area contributed by atoms with Crippen molar-refractivity contribution in [3.05, 3.63) is 48.3 Å². The van der Waals surface area contributed by atoms with Crippen molar-refractivity contribution in [1.29, 1.82) is 5.26 Å². The molecule has 3 aromatic rings. The van der Waals surface area contributed by atoms with Crippen LogP contribution in [0.3, 0.4) is 0 Å². The first kappa shape index (κ1) is 18.0. The zero-order valence-corrected chi connectivity index (χ0v) is 14.6. The number of halogens is 1. The highest BCUT2D eigenvalue weighted by Crippen LogP contribution is 2.30. The smallest absolute Gasteiger partial charge is 0.239 e. The second-order valence-electron chi connectivity index (χ2n) is 5.31. The van der Waals surface area contributed by atoms with E-state index in [1.807, 2.05) is 0 Å². The van der Waals surface area contributed by atoms with Gasteiger partial charge < -0.3 is 15.4 Å². The van der Waals surface area contributed by atoms with Gasteiger partial charge in [-0.3, -0.25) is 4.79 Å². The lowest BCUT2D eigenvalue weighted by molar-refractivity contribution is -0.113. The van der Waals surface area contributed by atoms with Crippen molar-refractivity contribution in [2.24, 2.45) is 0 Å². The normalized spacial score (nSPS) is 9.89. The molecule has 0 aliphatic rings. The van der Waals surface area contributed by atoms with Gasteiger partial charge >= 0.3 is 0 Å². The van der Waals surface area contributed by atoms with Crippen LogP contribution in [-0.2, 0) is 4.79 Å². The third kappa shape index (κ3) is 4.06. The molecule has 7 nitrogen and oxygen atoms in total. The average Bonchev–Trinajstić information content (AvgIpc) is 2.69. The van der Waals surface area contributed by atoms with Crippen LogP contribution in [0.25, 0.3) is 11.0 Å². The Morgan fingerprint density at radius 1 is 1.26 bits per heavy atom. The Labute approximate surface area is 160 Å². The lowest BCUT2D eigenvalue weighted by atomic mass is 10.1. The summed E-state index contributed by atoms with van der Waals surface area (Å²) in [5.41, 5.74) is 2.32. The van der Waals surface area contributed by atoms with E-state index in [0.29, 0.717) is 39.4 Å². The number of ether oxygens (including phenoxy) is 1. The molecule has 3 rings (SSSR count). The van der Waals surface area contributed by atoms with E-state index in [1.165, 1.54) is 12.4 Å². The van der Waals surface area contributed by atoms with E-state index in [9.17, 15) is 10.1 Å². The minimum absolute atomic E-state index is 0.179. The average molecular weight is 378 g/mol. The molecule has 0 spiro atoms. The zero-order valence-electron chi connectivity index (χ0n) is 13.9. The Bertz CT molecular complexity index is 1100. The maximum absolute atomic E-state index is 11.5. The number of carbonyl (C=O) groups excluding carboxylic acids is 1. The molecule has 2 heterocycles. The van der Waals surface area contributed by atoms with Crippen molar-refractivity contribution in [1.82, 2.24) is 9.97 Å². The van der Waals surface area contributed by atoms with Crippen LogP contribution in [0.2, 0.25) is 0 Å². The topological polar surface area (TPSA) is 99.9 Å². The number of nitriles is 1. The van der Waals surface area contributed by atoms with Crippen LogP contribution in [0.5, 0.6) is 5.75 Å². The molecule has 2 aromatic heterocycles. The third-order valence-electron chi connectivity index (χ3n) is 3.53. The number of rotatable bonds is 5. The number of fused-ring (bicyclic) bond motifs is 1. The van der Waals surface area contributed by atoms with E-state index < -0.39 is 0 Å². The summed E-state index contributed by atoms with van der Waals surface area (Å²) >= 11 is 5.52. The van der Waals surface area contributed by atoms with Gasteiger partial charge in [0.25, 0.3) is 0 Å². The molecule has 1 aromatic carbocycles. The van der Waals surface area contributed by atoms with Crippen LogP contribution in [0.4, 0.5) is 17.1 Å². The van der Waals surface area contributed by atoms with Crippen LogP contribution in [0, 0.1) is 23.9 Å². The Hall–Kier alpha value is -3.81. The summed E-state index contributed by atoms with van der Waals surface area (Å²) in [6.45, 7) is 0. The van der Waals surface area contributed by atoms with E-state index in [4.69, 9.17) is 22.8 Å². The molecular formula is C19H12ClN5O2. The number of amides is 1. The molecule has 0 unspecified atom stereocenters. The molecule has 0 atom stereocenters. The molecule has 1 amide bonds. The minimum Gasteiger partial charge on any atom is -0.408 e. The molecule has 132 valence electrons. The van der Waals surface area contributed by atoms with Gasteiger partial charge in [-0.25, -0.2) is 9.97 Å². The van der Waals surface area contributed by atoms with Crippen LogP contribution < -0.4 is 15.4 Å². The molecule has 8 heteroatoms. The first-order valence-electron chi connectivity index (χ1n) is 7.69. The monoisotopic (exact) mass is 377 g/mol. The van der Waals surface area contributed by atoms with Gasteiger partial charge in [-0.15, -0.1) is 11.6 Å². The van der Waals surface area contributed by atoms with E-state index in [1.54, 1.807) is 30.3 Å². The summed E-state index contributed by atoms with van der Waals surface area (Å²) in [4.78, 5) is 19.9. The number of nitrogens with zero attached hydrogens (tertiary/aromatic N) is 3. The fourth-order valence-electron chi connectivity index (χ4n) is 2.41. The third-order valence-corrected chi connectivity index (χ3v) is 3.77. The number of terminal acetylenes is 1. The number of hydrogen-bond acceptors (Lipinski definition) is 6. The fraction of sp³-hybridized carbons (Fsp3) is 0.0526. The first-order chi connectivity index (χ1) is 13.1. The largest absolute Gasteiger partial charge is 0.408 e. The van der Waals surface area contributed by atoms with Crippen LogP contribution >= 0.6 is 11.6 Å². The van der Waals surface area contributed by atoms with Crippen molar-refractivity contribution in [2.45, 2.75) is 0 Å². The molecule has 0 saturated carbocycles. The number of hydrogen-bond donors (Lipinski definition) is 2. The minimum atomic E-state index is -0.365. The highest BCUT2D eigenvalue weighted by Gasteiger charge is 2.12. The Morgan fingerprint density at radius 3 is 2.81 bits per heavy atom. The van der Waals surface area contributed by atoms with Crippen molar-refractivity contribution in [2.75, 3.05) is 16.5 Å². The molecule has 0 aliphatic carbocycles. The standard InChI is InChI=1S/C19H12ClN5O2/c1-2-27-15-5-3-4-13(6-15)25-18-12(9-21)10-22-19-16(18)7-14(11-23-19)24-17(26)8-20/h1,3-7,10-11H,8H2,(H,24,26)(H,22,23,25). The lowest BCUT2D eigenvalue weighted by Crippen LogP contribution is -2.12. The maximum atomic E-state index is 11.5. The van der Waals surface area contributed by atoms with Gasteiger partial charge in [0, 0.05) is 23.3 Å².